The van der Waals surface area contributed by atoms with Gasteiger partial charge in [0.05, 0.1) is 11.0 Å². The van der Waals surface area contributed by atoms with Crippen LogP contribution < -0.4 is 16.0 Å². The Balaban J connectivity index is 0.000000157. The number of nitrogens with zero attached hydrogens (tertiary/aromatic N) is 11. The molecule has 0 atom stereocenters. The van der Waals surface area contributed by atoms with E-state index in [9.17, 15) is 8.78 Å². The fraction of sp³-hybridized carbons (Fsp3) is 0.333. The average molecular weight is 895 g/mol. The zero-order valence-corrected chi connectivity index (χ0v) is 36.8. The zero-order valence-electron chi connectivity index (χ0n) is 36.0. The van der Waals surface area contributed by atoms with Crippen LogP contribution in [0.1, 0.15) is 64.2 Å². The molecule has 65 heavy (non-hydrogen) atoms. The van der Waals surface area contributed by atoms with E-state index in [2.05, 4.69) is 47.8 Å². The van der Waals surface area contributed by atoms with Crippen molar-refractivity contribution in [1.82, 2.24) is 53.9 Å². The Hall–Kier alpha value is -6.65. The highest BCUT2D eigenvalue weighted by Gasteiger charge is 2.23. The highest BCUT2D eigenvalue weighted by molar-refractivity contribution is 6.29. The summed E-state index contributed by atoms with van der Waals surface area (Å²) in [6.07, 6.45) is 15.1. The Morgan fingerprint density at radius 2 is 0.969 bits per heavy atom. The standard InChI is InChI=1S/C27H31FN8.C21H18ClFN6/c1-35-16-13-21(14-17-35)30-23-11-10-22-25(32-23)34-26(18-6-8-19(28)9-7-18)36(22)24-12-15-29-27(33-24)31-20-4-2-3-5-20;22-17-10-9-16-19(26-17)28-20(13-5-7-14(23)8-6-13)29(16)18-11-12-24-21(27-18)25-15-3-1-2-4-15/h6-12,15,20-21H,2-5,13-14,16-17H2,1H3,(H,30,32)(H,29,31,33);5-12,15H,1-4H2,(H,24,25,27). The first-order chi connectivity index (χ1) is 31.8. The van der Waals surface area contributed by atoms with Crippen LogP contribution in [-0.2, 0) is 0 Å². The van der Waals surface area contributed by atoms with Gasteiger partial charge in [-0.3, -0.25) is 9.13 Å². The Kier molecular flexibility index (Phi) is 12.3. The molecule has 0 unspecified atom stereocenters. The first-order valence-electron chi connectivity index (χ1n) is 22.4. The van der Waals surface area contributed by atoms with Gasteiger partial charge in [0.15, 0.2) is 11.3 Å². The average Bonchev–Trinajstić information content (AvgIpc) is 4.16. The summed E-state index contributed by atoms with van der Waals surface area (Å²) in [6.45, 7) is 2.16. The van der Waals surface area contributed by atoms with Gasteiger partial charge in [0.2, 0.25) is 11.9 Å². The minimum atomic E-state index is -0.303. The highest BCUT2D eigenvalue weighted by Crippen LogP contribution is 2.31. The van der Waals surface area contributed by atoms with Gasteiger partial charge in [0.25, 0.3) is 0 Å². The second-order valence-corrected chi connectivity index (χ2v) is 17.4. The van der Waals surface area contributed by atoms with E-state index in [-0.39, 0.29) is 11.6 Å². The number of rotatable bonds is 10. The quantitative estimate of drug-likeness (QED) is 0.112. The van der Waals surface area contributed by atoms with Crippen LogP contribution >= 0.6 is 11.6 Å². The molecule has 2 saturated carbocycles. The third-order valence-electron chi connectivity index (χ3n) is 12.4. The second-order valence-electron chi connectivity index (χ2n) is 17.0. The number of benzene rings is 2. The van der Waals surface area contributed by atoms with Crippen molar-refractivity contribution in [2.24, 2.45) is 0 Å². The number of halogens is 3. The molecule has 3 N–H and O–H groups in total. The maximum Gasteiger partial charge on any atom is 0.224 e. The molecule has 1 aliphatic heterocycles. The molecule has 2 aromatic carbocycles. The van der Waals surface area contributed by atoms with Crippen LogP contribution in [-0.4, -0.2) is 92.2 Å². The van der Waals surface area contributed by atoms with E-state index in [1.165, 1.54) is 49.9 Å². The minimum Gasteiger partial charge on any atom is -0.367 e. The molecule has 0 amide bonds. The fourth-order valence-electron chi connectivity index (χ4n) is 8.98. The number of imidazole rings is 2. The molecule has 17 heteroatoms. The number of anilines is 3. The number of hydrogen-bond donors (Lipinski definition) is 3. The fourth-order valence-corrected chi connectivity index (χ4v) is 9.13. The molecule has 2 aliphatic carbocycles. The molecule has 3 fully saturated rings. The Morgan fingerprint density at radius 1 is 0.508 bits per heavy atom. The van der Waals surface area contributed by atoms with Crippen molar-refractivity contribution in [2.45, 2.75) is 82.3 Å². The lowest BCUT2D eigenvalue weighted by molar-refractivity contribution is 0.263. The van der Waals surface area contributed by atoms with Crippen LogP contribution in [0.5, 0.6) is 0 Å². The largest absolute Gasteiger partial charge is 0.367 e. The van der Waals surface area contributed by atoms with Crippen LogP contribution in [0.4, 0.5) is 26.5 Å². The maximum absolute atomic E-state index is 13.7. The van der Waals surface area contributed by atoms with Crippen LogP contribution in [0.2, 0.25) is 5.15 Å². The van der Waals surface area contributed by atoms with Crippen molar-refractivity contribution >= 4 is 51.6 Å². The van der Waals surface area contributed by atoms with Crippen LogP contribution in [0.25, 0.3) is 56.7 Å². The number of nitrogens with one attached hydrogen (secondary N) is 3. The van der Waals surface area contributed by atoms with Gasteiger partial charge in [-0.15, -0.1) is 0 Å². The van der Waals surface area contributed by atoms with E-state index in [0.717, 1.165) is 79.6 Å². The molecule has 8 aromatic rings. The van der Waals surface area contributed by atoms with Crippen LogP contribution in [0.3, 0.4) is 0 Å². The molecule has 14 nitrogen and oxygen atoms in total. The summed E-state index contributed by atoms with van der Waals surface area (Å²) in [5.41, 5.74) is 4.28. The highest BCUT2D eigenvalue weighted by atomic mass is 35.5. The van der Waals surface area contributed by atoms with E-state index < -0.39 is 0 Å². The van der Waals surface area contributed by atoms with Crippen molar-refractivity contribution < 1.29 is 8.78 Å². The van der Waals surface area contributed by atoms with Gasteiger partial charge in [0.1, 0.15) is 45.9 Å². The van der Waals surface area contributed by atoms with Crippen molar-refractivity contribution in [1.29, 1.82) is 0 Å². The van der Waals surface area contributed by atoms with Crippen molar-refractivity contribution in [2.75, 3.05) is 36.1 Å². The van der Waals surface area contributed by atoms with E-state index in [0.29, 0.717) is 69.8 Å². The van der Waals surface area contributed by atoms with Gasteiger partial charge < -0.3 is 20.9 Å². The summed E-state index contributed by atoms with van der Waals surface area (Å²) >= 11 is 6.07. The van der Waals surface area contributed by atoms with E-state index in [4.69, 9.17) is 31.5 Å². The molecule has 0 radical (unpaired) electrons. The first kappa shape index (κ1) is 42.3. The molecule has 7 heterocycles. The summed E-state index contributed by atoms with van der Waals surface area (Å²) in [5.74, 6) is 4.06. The smallest absolute Gasteiger partial charge is 0.224 e. The molecular formula is C48H49ClF2N14. The molecule has 6 aromatic heterocycles. The third-order valence-corrected chi connectivity index (χ3v) is 12.6. The van der Waals surface area contributed by atoms with E-state index in [1.807, 2.05) is 39.5 Å². The van der Waals surface area contributed by atoms with Crippen molar-refractivity contribution in [3.05, 3.63) is 114 Å². The summed E-state index contributed by atoms with van der Waals surface area (Å²) in [4.78, 5) is 39.5. The second kappa shape index (κ2) is 18.8. The Morgan fingerprint density at radius 3 is 1.48 bits per heavy atom. The zero-order chi connectivity index (χ0) is 44.3. The lowest BCUT2D eigenvalue weighted by Gasteiger charge is -2.29. The Bertz CT molecular complexity index is 2900. The maximum atomic E-state index is 13.7. The SMILES string of the molecule is CN1CCC(Nc2ccc3c(n2)nc(-c2ccc(F)cc2)n3-c2ccnc(NC3CCCC3)n2)CC1.Fc1ccc(-c2nc3nc(Cl)ccc3n2-c2ccnc(NC3CCCC3)n2)cc1. The molecule has 332 valence electrons. The monoisotopic (exact) mass is 894 g/mol. The molecule has 1 saturated heterocycles. The molecule has 0 bridgehead atoms. The normalized spacial score (nSPS) is 16.2. The van der Waals surface area contributed by atoms with Gasteiger partial charge in [-0.25, -0.2) is 38.7 Å². The Labute approximate surface area is 380 Å². The predicted molar refractivity (Wildman–Crippen MR) is 251 cm³/mol. The predicted octanol–water partition coefficient (Wildman–Crippen LogP) is 9.90. The van der Waals surface area contributed by atoms with Gasteiger partial charge >= 0.3 is 0 Å². The third kappa shape index (κ3) is 9.59. The van der Waals surface area contributed by atoms with Crippen LogP contribution in [0.15, 0.2) is 97.3 Å². The number of hydrogen-bond acceptors (Lipinski definition) is 12. The summed E-state index contributed by atoms with van der Waals surface area (Å²) in [6, 6.07) is 25.1. The van der Waals surface area contributed by atoms with E-state index in [1.54, 1.807) is 42.7 Å². The van der Waals surface area contributed by atoms with Crippen LogP contribution in [0, 0.1) is 11.6 Å². The molecular weight excluding hydrogens is 846 g/mol. The molecule has 11 rings (SSSR count). The number of fused-ring (bicyclic) bond motifs is 2. The number of pyridine rings is 2. The number of likely N-dealkylation sites (tertiary alicyclic amines) is 1. The lowest BCUT2D eigenvalue weighted by Crippen LogP contribution is -2.36. The van der Waals surface area contributed by atoms with Gasteiger partial charge in [-0.1, -0.05) is 37.3 Å². The number of aromatic nitrogens is 10. The lowest BCUT2D eigenvalue weighted by atomic mass is 10.1. The summed E-state index contributed by atoms with van der Waals surface area (Å²) in [7, 11) is 2.16. The minimum absolute atomic E-state index is 0.283. The van der Waals surface area contributed by atoms with Gasteiger partial charge in [-0.05, 0) is 144 Å². The molecule has 0 spiro atoms. The summed E-state index contributed by atoms with van der Waals surface area (Å²) in [5, 5.41) is 10.9. The van der Waals surface area contributed by atoms with Crippen molar-refractivity contribution in [3.63, 3.8) is 0 Å². The first-order valence-corrected chi connectivity index (χ1v) is 22.8. The summed E-state index contributed by atoms with van der Waals surface area (Å²) < 4.78 is 31.0. The molecule has 3 aliphatic rings. The van der Waals surface area contributed by atoms with Gasteiger partial charge in [-0.2, -0.15) is 9.97 Å². The number of piperidine rings is 1. The van der Waals surface area contributed by atoms with Gasteiger partial charge in [0, 0.05) is 41.6 Å². The van der Waals surface area contributed by atoms with Crippen molar-refractivity contribution in [3.8, 4) is 34.4 Å². The van der Waals surface area contributed by atoms with E-state index >= 15 is 0 Å². The topological polar surface area (TPSA) is 152 Å².